The number of carbonyl (C=O) groups is 2. The summed E-state index contributed by atoms with van der Waals surface area (Å²) in [5.41, 5.74) is 3.94. The number of aromatic amines is 1. The van der Waals surface area contributed by atoms with Gasteiger partial charge in [0.25, 0.3) is 0 Å². The van der Waals surface area contributed by atoms with Crippen molar-refractivity contribution in [3.05, 3.63) is 53.9 Å². The van der Waals surface area contributed by atoms with Crippen LogP contribution in [0.5, 0.6) is 0 Å². The predicted octanol–water partition coefficient (Wildman–Crippen LogP) is -1.53. The number of Topliss-reactive ketones (excluding diaryl/α,β-unsaturated/α-hetero) is 1. The van der Waals surface area contributed by atoms with Gasteiger partial charge in [-0.25, -0.2) is 0 Å². The van der Waals surface area contributed by atoms with Gasteiger partial charge in [0, 0.05) is 18.0 Å². The molecule has 1 aromatic carbocycles. The molecule has 3 rings (SSSR count). The molecule has 0 spiro atoms. The van der Waals surface area contributed by atoms with E-state index in [9.17, 15) is 14.7 Å². The zero-order chi connectivity index (χ0) is 15.0. The third kappa shape index (κ3) is 3.06. The number of rotatable bonds is 3. The third-order valence-corrected chi connectivity index (χ3v) is 3.36. The Morgan fingerprint density at radius 3 is 2.45 bits per heavy atom. The van der Waals surface area contributed by atoms with Crippen LogP contribution in [0.15, 0.2) is 42.7 Å². The van der Waals surface area contributed by atoms with Crippen LogP contribution in [-0.2, 0) is 4.79 Å². The molecule has 0 aliphatic carbocycles. The maximum absolute atomic E-state index is 11.6. The molecular formula is C16H11KN2O3. The molecule has 6 heteroatoms. The molecule has 0 saturated carbocycles. The number of nitrogens with one attached hydrogen (secondary N) is 1. The van der Waals surface area contributed by atoms with Crippen LogP contribution in [-0.4, -0.2) is 21.7 Å². The normalized spacial score (nSPS) is 10.2. The Kier molecular flexibility index (Phi) is 5.31. The van der Waals surface area contributed by atoms with Crippen LogP contribution >= 0.6 is 0 Å². The number of nitrogens with zero attached hydrogens (tertiary/aromatic N) is 1. The topological polar surface area (TPSA) is 85.9 Å². The van der Waals surface area contributed by atoms with E-state index in [1.807, 2.05) is 37.3 Å². The number of aliphatic carboxylic acids is 1. The Balaban J connectivity index is 0.00000176. The van der Waals surface area contributed by atoms with E-state index in [0.29, 0.717) is 11.0 Å². The number of ketones is 1. The molecule has 0 aliphatic rings. The average Bonchev–Trinajstić information content (AvgIpc) is 2.91. The summed E-state index contributed by atoms with van der Waals surface area (Å²) in [4.78, 5) is 29.4. The molecule has 0 radical (unpaired) electrons. The van der Waals surface area contributed by atoms with Crippen LogP contribution in [0.1, 0.15) is 15.9 Å². The molecule has 0 bridgehead atoms. The summed E-state index contributed by atoms with van der Waals surface area (Å²) in [6.07, 6.45) is 2.91. The number of aromatic nitrogens is 2. The van der Waals surface area contributed by atoms with Gasteiger partial charge < -0.3 is 14.9 Å². The SMILES string of the molecule is Cc1ccc(-c2ccnc3c(C(=O)C(=O)[O-])c[nH]c23)cc1.[K+]. The molecule has 2 aromatic heterocycles. The van der Waals surface area contributed by atoms with Crippen LogP contribution in [0.25, 0.3) is 22.2 Å². The first-order valence-corrected chi connectivity index (χ1v) is 6.36. The van der Waals surface area contributed by atoms with Gasteiger partial charge in [0.05, 0.1) is 16.6 Å². The van der Waals surface area contributed by atoms with Gasteiger partial charge in [0.2, 0.25) is 5.78 Å². The van der Waals surface area contributed by atoms with Crippen molar-refractivity contribution in [2.24, 2.45) is 0 Å². The first-order chi connectivity index (χ1) is 10.1. The van der Waals surface area contributed by atoms with Gasteiger partial charge >= 0.3 is 51.4 Å². The molecular weight excluding hydrogens is 307 g/mol. The average molecular weight is 318 g/mol. The maximum Gasteiger partial charge on any atom is 1.00 e. The Hall–Kier alpha value is -1.31. The Morgan fingerprint density at radius 1 is 1.14 bits per heavy atom. The first-order valence-electron chi connectivity index (χ1n) is 6.36. The van der Waals surface area contributed by atoms with E-state index in [2.05, 4.69) is 9.97 Å². The van der Waals surface area contributed by atoms with Crippen molar-refractivity contribution >= 4 is 22.8 Å². The van der Waals surface area contributed by atoms with Crippen molar-refractivity contribution in [3.63, 3.8) is 0 Å². The van der Waals surface area contributed by atoms with Gasteiger partial charge in [0.15, 0.2) is 0 Å². The molecule has 104 valence electrons. The van der Waals surface area contributed by atoms with Crippen molar-refractivity contribution in [3.8, 4) is 11.1 Å². The third-order valence-electron chi connectivity index (χ3n) is 3.36. The number of carboxylic acid groups (broad SMARTS) is 1. The minimum atomic E-state index is -1.74. The smallest absolute Gasteiger partial charge is 0.541 e. The van der Waals surface area contributed by atoms with Gasteiger partial charge in [-0.2, -0.15) is 0 Å². The number of carbonyl (C=O) groups excluding carboxylic acids is 2. The van der Waals surface area contributed by atoms with Crippen LogP contribution in [0, 0.1) is 6.92 Å². The number of aryl methyl sites for hydroxylation is 1. The van der Waals surface area contributed by atoms with Gasteiger partial charge in [-0.3, -0.25) is 9.78 Å². The van der Waals surface area contributed by atoms with Crippen molar-refractivity contribution in [2.75, 3.05) is 0 Å². The zero-order valence-electron chi connectivity index (χ0n) is 12.2. The number of fused-ring (bicyclic) bond motifs is 1. The monoisotopic (exact) mass is 318 g/mol. The van der Waals surface area contributed by atoms with E-state index in [1.54, 1.807) is 6.20 Å². The van der Waals surface area contributed by atoms with Crippen LogP contribution in [0.2, 0.25) is 0 Å². The molecule has 3 aromatic rings. The van der Waals surface area contributed by atoms with Crippen molar-refractivity contribution in [1.29, 1.82) is 0 Å². The molecule has 22 heavy (non-hydrogen) atoms. The molecule has 0 aliphatic heterocycles. The number of pyridine rings is 1. The fraction of sp³-hybridized carbons (Fsp3) is 0.0625. The first kappa shape index (κ1) is 17.0. The van der Waals surface area contributed by atoms with E-state index in [0.717, 1.165) is 16.7 Å². The zero-order valence-corrected chi connectivity index (χ0v) is 15.3. The number of hydrogen-bond donors (Lipinski definition) is 1. The maximum atomic E-state index is 11.6. The molecule has 0 fully saturated rings. The molecule has 0 atom stereocenters. The minimum Gasteiger partial charge on any atom is -0.541 e. The summed E-state index contributed by atoms with van der Waals surface area (Å²) in [5.74, 6) is -2.81. The van der Waals surface area contributed by atoms with Crippen molar-refractivity contribution in [1.82, 2.24) is 9.97 Å². The second-order valence-electron chi connectivity index (χ2n) is 4.77. The van der Waals surface area contributed by atoms with E-state index >= 15 is 0 Å². The van der Waals surface area contributed by atoms with Crippen LogP contribution in [0.3, 0.4) is 0 Å². The summed E-state index contributed by atoms with van der Waals surface area (Å²) in [6.45, 7) is 2.00. The van der Waals surface area contributed by atoms with Crippen molar-refractivity contribution in [2.45, 2.75) is 6.92 Å². The van der Waals surface area contributed by atoms with E-state index in [4.69, 9.17) is 0 Å². The minimum absolute atomic E-state index is 0. The fourth-order valence-corrected chi connectivity index (χ4v) is 2.28. The number of carboxylic acids is 1. The van der Waals surface area contributed by atoms with Crippen molar-refractivity contribution < 1.29 is 66.1 Å². The Bertz CT molecular complexity index is 853. The van der Waals surface area contributed by atoms with E-state index in [1.165, 1.54) is 6.20 Å². The Morgan fingerprint density at radius 2 is 1.82 bits per heavy atom. The molecule has 0 saturated heterocycles. The number of H-pyrrole nitrogens is 1. The molecule has 5 nitrogen and oxygen atoms in total. The molecule has 2 heterocycles. The molecule has 1 N–H and O–H groups in total. The van der Waals surface area contributed by atoms with E-state index in [-0.39, 0.29) is 56.9 Å². The summed E-state index contributed by atoms with van der Waals surface area (Å²) >= 11 is 0. The largest absolute Gasteiger partial charge is 1.00 e. The van der Waals surface area contributed by atoms with Crippen LogP contribution in [0.4, 0.5) is 0 Å². The number of benzene rings is 1. The molecule has 0 amide bonds. The van der Waals surface area contributed by atoms with Crippen LogP contribution < -0.4 is 56.5 Å². The van der Waals surface area contributed by atoms with Gasteiger partial charge in [-0.05, 0) is 18.6 Å². The summed E-state index contributed by atoms with van der Waals surface area (Å²) in [6, 6.07) is 9.71. The second-order valence-corrected chi connectivity index (χ2v) is 4.77. The molecule has 0 unspecified atom stereocenters. The number of hydrogen-bond acceptors (Lipinski definition) is 4. The quantitative estimate of drug-likeness (QED) is 0.361. The fourth-order valence-electron chi connectivity index (χ4n) is 2.28. The summed E-state index contributed by atoms with van der Waals surface area (Å²) < 4.78 is 0. The summed E-state index contributed by atoms with van der Waals surface area (Å²) in [5, 5.41) is 10.7. The Labute approximate surface area is 169 Å². The van der Waals surface area contributed by atoms with E-state index < -0.39 is 11.8 Å². The second kappa shape index (κ2) is 6.85. The van der Waals surface area contributed by atoms with Gasteiger partial charge in [-0.1, -0.05) is 29.8 Å². The summed E-state index contributed by atoms with van der Waals surface area (Å²) in [7, 11) is 0. The standard InChI is InChI=1S/C16H12N2O3.K/c1-9-2-4-10(5-3-9)11-6-7-17-14-12(8-18-13(11)14)15(19)16(20)21;/h2-8,18H,1H3,(H,20,21);/q;+1/p-1. The van der Waals surface area contributed by atoms with Gasteiger partial charge in [-0.15, -0.1) is 0 Å². The van der Waals surface area contributed by atoms with Gasteiger partial charge in [0.1, 0.15) is 5.97 Å². The predicted molar refractivity (Wildman–Crippen MR) is 75.6 cm³/mol.